The van der Waals surface area contributed by atoms with E-state index in [9.17, 15) is 9.18 Å². The van der Waals surface area contributed by atoms with E-state index >= 15 is 0 Å². The molecule has 5 heteroatoms. The van der Waals surface area contributed by atoms with Crippen molar-refractivity contribution in [3.63, 3.8) is 0 Å². The lowest BCUT2D eigenvalue weighted by Crippen LogP contribution is -2.10. The zero-order chi connectivity index (χ0) is 11.4. The molecule has 0 unspecified atom stereocenters. The summed E-state index contributed by atoms with van der Waals surface area (Å²) < 4.78 is 22.9. The molecule has 0 heterocycles. The Hall–Kier alpha value is -1.78. The third-order valence-corrected chi connectivity index (χ3v) is 1.80. The Morgan fingerprint density at radius 3 is 2.67 bits per heavy atom. The van der Waals surface area contributed by atoms with Gasteiger partial charge in [-0.25, -0.2) is 9.18 Å². The number of carboxylic acids is 1. The molecule has 1 rings (SSSR count). The highest BCUT2D eigenvalue weighted by molar-refractivity contribution is 5.68. The summed E-state index contributed by atoms with van der Waals surface area (Å²) in [6.45, 7) is 1.05. The number of ether oxygens (including phenoxy) is 2. The minimum absolute atomic E-state index is 0.0861. The lowest BCUT2D eigenvalue weighted by atomic mass is 10.2. The molecule has 1 aromatic carbocycles. The monoisotopic (exact) mass is 214 g/mol. The standard InChI is InChI=1S/C10H11FO4/c1-6-3-8(14-2)9(4-7(6)11)15-5-10(12)13/h3-4H,5H2,1-2H3,(H,12,13). The molecule has 0 spiro atoms. The molecule has 0 aromatic heterocycles. The fraction of sp³-hybridized carbons (Fsp3) is 0.300. The quantitative estimate of drug-likeness (QED) is 0.827. The smallest absolute Gasteiger partial charge is 0.341 e. The molecule has 0 aliphatic heterocycles. The van der Waals surface area contributed by atoms with Gasteiger partial charge in [0.05, 0.1) is 7.11 Å². The van der Waals surface area contributed by atoms with Crippen LogP contribution < -0.4 is 9.47 Å². The molecule has 0 amide bonds. The average molecular weight is 214 g/mol. The van der Waals surface area contributed by atoms with Crippen LogP contribution in [0.2, 0.25) is 0 Å². The number of hydrogen-bond donors (Lipinski definition) is 1. The number of aliphatic carboxylic acids is 1. The lowest BCUT2D eigenvalue weighted by molar-refractivity contribution is -0.139. The first-order chi connectivity index (χ1) is 7.04. The van der Waals surface area contributed by atoms with E-state index in [1.54, 1.807) is 6.92 Å². The van der Waals surface area contributed by atoms with Crippen molar-refractivity contribution in [1.29, 1.82) is 0 Å². The van der Waals surface area contributed by atoms with Gasteiger partial charge in [0.25, 0.3) is 0 Å². The Morgan fingerprint density at radius 2 is 2.13 bits per heavy atom. The van der Waals surface area contributed by atoms with Crippen molar-refractivity contribution in [2.75, 3.05) is 13.7 Å². The molecule has 82 valence electrons. The van der Waals surface area contributed by atoms with Gasteiger partial charge >= 0.3 is 5.97 Å². The molecule has 0 saturated carbocycles. The maximum atomic E-state index is 13.1. The summed E-state index contributed by atoms with van der Waals surface area (Å²) in [7, 11) is 1.40. The number of carbonyl (C=O) groups is 1. The van der Waals surface area contributed by atoms with Gasteiger partial charge in [0.2, 0.25) is 0 Å². The van der Waals surface area contributed by atoms with Gasteiger partial charge in [0, 0.05) is 6.07 Å². The molecule has 0 aliphatic rings. The molecular weight excluding hydrogens is 203 g/mol. The van der Waals surface area contributed by atoms with E-state index in [1.165, 1.54) is 13.2 Å². The Kier molecular flexibility index (Phi) is 3.49. The highest BCUT2D eigenvalue weighted by atomic mass is 19.1. The Labute approximate surface area is 86.2 Å². The van der Waals surface area contributed by atoms with Crippen LogP contribution in [0.15, 0.2) is 12.1 Å². The second kappa shape index (κ2) is 4.63. The zero-order valence-electron chi connectivity index (χ0n) is 8.41. The molecule has 0 saturated heterocycles. The molecule has 0 aliphatic carbocycles. The van der Waals surface area contributed by atoms with Crippen molar-refractivity contribution < 1.29 is 23.8 Å². The van der Waals surface area contributed by atoms with Crippen LogP contribution in [0.1, 0.15) is 5.56 Å². The van der Waals surface area contributed by atoms with Gasteiger partial charge in [0.15, 0.2) is 18.1 Å². The summed E-state index contributed by atoms with van der Waals surface area (Å²) in [6.07, 6.45) is 0. The van der Waals surface area contributed by atoms with Gasteiger partial charge in [-0.05, 0) is 18.6 Å². The van der Waals surface area contributed by atoms with Gasteiger partial charge in [0.1, 0.15) is 5.82 Å². The third-order valence-electron chi connectivity index (χ3n) is 1.80. The van der Waals surface area contributed by atoms with E-state index < -0.39 is 18.4 Å². The van der Waals surface area contributed by atoms with Crippen LogP contribution >= 0.6 is 0 Å². The Bertz CT molecular complexity index is 376. The Balaban J connectivity index is 2.94. The molecule has 0 radical (unpaired) electrons. The highest BCUT2D eigenvalue weighted by Gasteiger charge is 2.10. The van der Waals surface area contributed by atoms with Crippen molar-refractivity contribution in [3.8, 4) is 11.5 Å². The van der Waals surface area contributed by atoms with Gasteiger partial charge in [-0.1, -0.05) is 0 Å². The number of aryl methyl sites for hydroxylation is 1. The summed E-state index contributed by atoms with van der Waals surface area (Å²) >= 11 is 0. The number of hydrogen-bond acceptors (Lipinski definition) is 3. The molecule has 15 heavy (non-hydrogen) atoms. The predicted octanol–water partition coefficient (Wildman–Crippen LogP) is 1.61. The van der Waals surface area contributed by atoms with Crippen molar-refractivity contribution in [1.82, 2.24) is 0 Å². The maximum absolute atomic E-state index is 13.1. The van der Waals surface area contributed by atoms with E-state index in [1.807, 2.05) is 0 Å². The highest BCUT2D eigenvalue weighted by Crippen LogP contribution is 2.29. The van der Waals surface area contributed by atoms with Crippen LogP contribution in [0.4, 0.5) is 4.39 Å². The first-order valence-corrected chi connectivity index (χ1v) is 4.23. The van der Waals surface area contributed by atoms with Crippen LogP contribution in [0, 0.1) is 12.7 Å². The SMILES string of the molecule is COc1cc(C)c(F)cc1OCC(=O)O. The van der Waals surface area contributed by atoms with Crippen LogP contribution in [0.5, 0.6) is 11.5 Å². The predicted molar refractivity (Wildman–Crippen MR) is 50.8 cm³/mol. The van der Waals surface area contributed by atoms with E-state index in [0.717, 1.165) is 6.07 Å². The van der Waals surface area contributed by atoms with Crippen molar-refractivity contribution in [2.45, 2.75) is 6.92 Å². The molecule has 1 aromatic rings. The van der Waals surface area contributed by atoms with Crippen LogP contribution in [-0.4, -0.2) is 24.8 Å². The number of methoxy groups -OCH3 is 1. The van der Waals surface area contributed by atoms with Gasteiger partial charge in [-0.2, -0.15) is 0 Å². The molecular formula is C10H11FO4. The van der Waals surface area contributed by atoms with Crippen molar-refractivity contribution >= 4 is 5.97 Å². The summed E-state index contributed by atoms with van der Waals surface area (Å²) in [4.78, 5) is 10.3. The van der Waals surface area contributed by atoms with Gasteiger partial charge in [-0.15, -0.1) is 0 Å². The second-order valence-electron chi connectivity index (χ2n) is 2.93. The van der Waals surface area contributed by atoms with E-state index in [-0.39, 0.29) is 5.75 Å². The van der Waals surface area contributed by atoms with Crippen LogP contribution in [0.3, 0.4) is 0 Å². The molecule has 4 nitrogen and oxygen atoms in total. The van der Waals surface area contributed by atoms with Crippen LogP contribution in [0.25, 0.3) is 0 Å². The number of halogens is 1. The third kappa shape index (κ3) is 2.83. The first kappa shape index (κ1) is 11.3. The lowest BCUT2D eigenvalue weighted by Gasteiger charge is -2.10. The van der Waals surface area contributed by atoms with Gasteiger partial charge < -0.3 is 14.6 Å². The molecule has 0 atom stereocenters. The largest absolute Gasteiger partial charge is 0.493 e. The number of benzene rings is 1. The average Bonchev–Trinajstić information content (AvgIpc) is 2.19. The minimum Gasteiger partial charge on any atom is -0.493 e. The van der Waals surface area contributed by atoms with Gasteiger partial charge in [-0.3, -0.25) is 0 Å². The van der Waals surface area contributed by atoms with E-state index in [4.69, 9.17) is 14.6 Å². The minimum atomic E-state index is -1.13. The zero-order valence-corrected chi connectivity index (χ0v) is 8.41. The Morgan fingerprint density at radius 1 is 1.47 bits per heavy atom. The summed E-state index contributed by atoms with van der Waals surface area (Å²) in [6, 6.07) is 2.56. The van der Waals surface area contributed by atoms with E-state index in [2.05, 4.69) is 0 Å². The van der Waals surface area contributed by atoms with Crippen LogP contribution in [-0.2, 0) is 4.79 Å². The normalized spacial score (nSPS) is 9.80. The first-order valence-electron chi connectivity index (χ1n) is 4.23. The fourth-order valence-corrected chi connectivity index (χ4v) is 1.05. The fourth-order valence-electron chi connectivity index (χ4n) is 1.05. The van der Waals surface area contributed by atoms with E-state index in [0.29, 0.717) is 11.3 Å². The number of rotatable bonds is 4. The number of carboxylic acid groups (broad SMARTS) is 1. The van der Waals surface area contributed by atoms with Crippen molar-refractivity contribution in [2.24, 2.45) is 0 Å². The molecule has 1 N–H and O–H groups in total. The second-order valence-corrected chi connectivity index (χ2v) is 2.93. The summed E-state index contributed by atoms with van der Waals surface area (Å²) in [5.74, 6) is -1.19. The summed E-state index contributed by atoms with van der Waals surface area (Å²) in [5, 5.41) is 8.40. The topological polar surface area (TPSA) is 55.8 Å². The maximum Gasteiger partial charge on any atom is 0.341 e. The molecule has 0 fully saturated rings. The van der Waals surface area contributed by atoms with Crippen molar-refractivity contribution in [3.05, 3.63) is 23.5 Å². The molecule has 0 bridgehead atoms. The summed E-state index contributed by atoms with van der Waals surface area (Å²) in [5.41, 5.74) is 0.412.